The van der Waals surface area contributed by atoms with E-state index in [0.29, 0.717) is 3.42 Å². The van der Waals surface area contributed by atoms with Crippen LogP contribution in [0, 0.1) is 0 Å². The molecule has 1 N–H and O–H groups in total. The van der Waals surface area contributed by atoms with E-state index in [4.69, 9.17) is 0 Å². The lowest BCUT2D eigenvalue weighted by atomic mass is 10.1. The van der Waals surface area contributed by atoms with E-state index in [-0.39, 0.29) is 0 Å². The zero-order valence-electron chi connectivity index (χ0n) is 6.63. The van der Waals surface area contributed by atoms with Crippen molar-refractivity contribution < 1.29 is 0 Å². The molecule has 0 aromatic carbocycles. The number of aromatic amines is 1. The van der Waals surface area contributed by atoms with Gasteiger partial charge >= 0.3 is 0 Å². The Kier molecular flexibility index (Phi) is 2.80. The van der Waals surface area contributed by atoms with E-state index in [1.54, 1.807) is 0 Å². The van der Waals surface area contributed by atoms with Gasteiger partial charge < -0.3 is 0 Å². The van der Waals surface area contributed by atoms with Gasteiger partial charge in [-0.05, 0) is 6.42 Å². The largest absolute Gasteiger partial charge is 0.177 e. The molecule has 1 heterocycles. The molecule has 4 nitrogen and oxygen atoms in total. The Bertz CT molecular complexity index is 201. The number of hydrogen-bond acceptors (Lipinski definition) is 3. The van der Waals surface area contributed by atoms with Crippen LogP contribution in [0.5, 0.6) is 0 Å². The summed E-state index contributed by atoms with van der Waals surface area (Å²) in [5.74, 6) is 0.801. The minimum absolute atomic E-state index is 0.318. The molecule has 0 fully saturated rings. The second-order valence-corrected chi connectivity index (χ2v) is 5.97. The first-order chi connectivity index (χ1) is 5.08. The summed E-state index contributed by atoms with van der Waals surface area (Å²) in [5.41, 5.74) is 0. The Morgan fingerprint density at radius 1 is 1.55 bits per heavy atom. The predicted octanol–water partition coefficient (Wildman–Crippen LogP) is 1.35. The fraction of sp³-hybridized carbons (Fsp3) is 0.833. The molecule has 0 saturated heterocycles. The molecule has 0 atom stereocenters. The lowest BCUT2D eigenvalue weighted by Gasteiger charge is -2.13. The first kappa shape index (κ1) is 8.89. The van der Waals surface area contributed by atoms with Crippen LogP contribution in [0.4, 0.5) is 0 Å². The van der Waals surface area contributed by atoms with Gasteiger partial charge in [0.25, 0.3) is 0 Å². The number of tetrazole rings is 1. The Morgan fingerprint density at radius 2 is 2.27 bits per heavy atom. The van der Waals surface area contributed by atoms with Crippen LogP contribution in [0.3, 0.4) is 0 Å². The van der Waals surface area contributed by atoms with Gasteiger partial charge in [-0.25, -0.2) is 0 Å². The lowest BCUT2D eigenvalue weighted by molar-refractivity contribution is 0.650. The zero-order valence-corrected chi connectivity index (χ0v) is 8.79. The first-order valence-corrected chi connectivity index (χ1v) is 4.57. The minimum Gasteiger partial charge on any atom is -0.177 e. The third kappa shape index (κ3) is 3.64. The minimum atomic E-state index is 0.318. The normalized spacial score (nSPS) is 11.9. The van der Waals surface area contributed by atoms with E-state index in [1.165, 1.54) is 0 Å². The third-order valence-electron chi connectivity index (χ3n) is 1.33. The van der Waals surface area contributed by atoms with E-state index in [0.717, 1.165) is 18.7 Å². The molecule has 5 heteroatoms. The maximum absolute atomic E-state index is 3.87. The van der Waals surface area contributed by atoms with Gasteiger partial charge in [-0.1, -0.05) is 41.7 Å². The molecule has 0 aliphatic heterocycles. The Hall–Kier alpha value is -0.200. The SMILES string of the molecule is CC(C)(I)CCc1nn[nH]n1. The van der Waals surface area contributed by atoms with Gasteiger partial charge in [-0.3, -0.25) is 0 Å². The summed E-state index contributed by atoms with van der Waals surface area (Å²) < 4.78 is 0.318. The highest BCUT2D eigenvalue weighted by Gasteiger charge is 2.13. The summed E-state index contributed by atoms with van der Waals surface area (Å²) in [4.78, 5) is 0. The number of halogens is 1. The van der Waals surface area contributed by atoms with Crippen LogP contribution in [-0.2, 0) is 6.42 Å². The molecule has 0 unspecified atom stereocenters. The van der Waals surface area contributed by atoms with E-state index in [1.807, 2.05) is 0 Å². The van der Waals surface area contributed by atoms with Crippen LogP contribution < -0.4 is 0 Å². The predicted molar refractivity (Wildman–Crippen MR) is 50.6 cm³/mol. The number of aromatic nitrogens is 4. The molecule has 1 aromatic heterocycles. The molecule has 0 aliphatic carbocycles. The Morgan fingerprint density at radius 3 is 2.73 bits per heavy atom. The molecule has 0 aliphatic rings. The highest BCUT2D eigenvalue weighted by atomic mass is 127. The van der Waals surface area contributed by atoms with Gasteiger partial charge in [0.05, 0.1) is 0 Å². The number of nitrogens with zero attached hydrogens (tertiary/aromatic N) is 3. The van der Waals surface area contributed by atoms with Crippen molar-refractivity contribution in [2.24, 2.45) is 0 Å². The number of rotatable bonds is 3. The highest BCUT2D eigenvalue weighted by molar-refractivity contribution is 14.1. The fourth-order valence-electron chi connectivity index (χ4n) is 0.697. The molecule has 0 spiro atoms. The Labute approximate surface area is 79.3 Å². The van der Waals surface area contributed by atoms with Gasteiger partial charge in [0.1, 0.15) is 0 Å². The number of hydrogen-bond donors (Lipinski definition) is 1. The topological polar surface area (TPSA) is 54.5 Å². The smallest absolute Gasteiger partial charge is 0.174 e. The highest BCUT2D eigenvalue weighted by Crippen LogP contribution is 2.22. The summed E-state index contributed by atoms with van der Waals surface area (Å²) in [6.45, 7) is 4.38. The third-order valence-corrected chi connectivity index (χ3v) is 1.87. The van der Waals surface area contributed by atoms with Gasteiger partial charge in [0.2, 0.25) is 0 Å². The van der Waals surface area contributed by atoms with Gasteiger partial charge in [-0.2, -0.15) is 5.21 Å². The van der Waals surface area contributed by atoms with Crippen LogP contribution >= 0.6 is 22.6 Å². The summed E-state index contributed by atoms with van der Waals surface area (Å²) >= 11 is 2.42. The Balaban J connectivity index is 2.35. The van der Waals surface area contributed by atoms with E-state index >= 15 is 0 Å². The van der Waals surface area contributed by atoms with Crippen LogP contribution in [0.25, 0.3) is 0 Å². The molecule has 1 rings (SSSR count). The van der Waals surface area contributed by atoms with Crippen molar-refractivity contribution in [2.75, 3.05) is 0 Å². The van der Waals surface area contributed by atoms with E-state index in [2.05, 4.69) is 57.1 Å². The lowest BCUT2D eigenvalue weighted by Crippen LogP contribution is -2.10. The summed E-state index contributed by atoms with van der Waals surface area (Å²) in [6.07, 6.45) is 1.97. The second kappa shape index (κ2) is 3.46. The molecular formula is C6H11IN4. The number of aryl methyl sites for hydroxylation is 1. The molecule has 11 heavy (non-hydrogen) atoms. The number of nitrogens with one attached hydrogen (secondary N) is 1. The van der Waals surface area contributed by atoms with Crippen LogP contribution in [0.15, 0.2) is 0 Å². The number of alkyl halides is 1. The molecule has 0 amide bonds. The first-order valence-electron chi connectivity index (χ1n) is 3.49. The molecule has 62 valence electrons. The molecule has 0 saturated carbocycles. The van der Waals surface area contributed by atoms with Gasteiger partial charge in [0.15, 0.2) is 5.82 Å². The van der Waals surface area contributed by atoms with Crippen LogP contribution in [0.2, 0.25) is 0 Å². The van der Waals surface area contributed by atoms with Crippen molar-refractivity contribution in [3.8, 4) is 0 Å². The summed E-state index contributed by atoms with van der Waals surface area (Å²) in [7, 11) is 0. The molecular weight excluding hydrogens is 255 g/mol. The molecule has 1 aromatic rings. The zero-order chi connectivity index (χ0) is 8.32. The quantitative estimate of drug-likeness (QED) is 0.663. The molecule has 0 radical (unpaired) electrons. The van der Waals surface area contributed by atoms with E-state index in [9.17, 15) is 0 Å². The van der Waals surface area contributed by atoms with Crippen molar-refractivity contribution in [3.05, 3.63) is 5.82 Å². The van der Waals surface area contributed by atoms with E-state index < -0.39 is 0 Å². The van der Waals surface area contributed by atoms with Crippen molar-refractivity contribution in [1.82, 2.24) is 20.6 Å². The fourth-order valence-corrected chi connectivity index (χ4v) is 0.967. The average molecular weight is 266 g/mol. The van der Waals surface area contributed by atoms with Crippen molar-refractivity contribution in [2.45, 2.75) is 30.1 Å². The molecule has 0 bridgehead atoms. The maximum atomic E-state index is 3.87. The average Bonchev–Trinajstić information content (AvgIpc) is 2.32. The summed E-state index contributed by atoms with van der Waals surface area (Å²) in [5, 5.41) is 13.7. The number of H-pyrrole nitrogens is 1. The van der Waals surface area contributed by atoms with Crippen molar-refractivity contribution in [1.29, 1.82) is 0 Å². The van der Waals surface area contributed by atoms with Crippen LogP contribution in [-0.4, -0.2) is 24.0 Å². The van der Waals surface area contributed by atoms with Crippen molar-refractivity contribution >= 4 is 22.6 Å². The van der Waals surface area contributed by atoms with Gasteiger partial charge in [0, 0.05) is 9.84 Å². The van der Waals surface area contributed by atoms with Crippen molar-refractivity contribution in [3.63, 3.8) is 0 Å². The van der Waals surface area contributed by atoms with Crippen LogP contribution in [0.1, 0.15) is 26.1 Å². The second-order valence-electron chi connectivity index (χ2n) is 3.05. The maximum Gasteiger partial charge on any atom is 0.174 e. The van der Waals surface area contributed by atoms with Gasteiger partial charge in [-0.15, -0.1) is 10.2 Å². The monoisotopic (exact) mass is 266 g/mol. The summed E-state index contributed by atoms with van der Waals surface area (Å²) in [6, 6.07) is 0. The standard InChI is InChI=1S/C6H11IN4/c1-6(2,7)4-3-5-8-10-11-9-5/h3-4H2,1-2H3,(H,8,9,10,11).